The van der Waals surface area contributed by atoms with Crippen LogP contribution in [0, 0.1) is 17.1 Å². The molecule has 0 saturated heterocycles. The predicted molar refractivity (Wildman–Crippen MR) is 74.9 cm³/mol. The Labute approximate surface area is 117 Å². The average molecular weight is 278 g/mol. The first-order valence-electron chi connectivity index (χ1n) is 5.50. The van der Waals surface area contributed by atoms with Crippen molar-refractivity contribution in [2.24, 2.45) is 0 Å². The van der Waals surface area contributed by atoms with Crippen LogP contribution in [0.15, 0.2) is 47.7 Å². The Kier molecular flexibility index (Phi) is 5.35. The zero-order valence-corrected chi connectivity index (χ0v) is 11.5. The molecule has 0 N–H and O–H groups in total. The van der Waals surface area contributed by atoms with E-state index in [9.17, 15) is 4.39 Å². The largest absolute Gasteiger partial charge is 0.495 e. The molecule has 1 aromatic carbocycles. The van der Waals surface area contributed by atoms with E-state index < -0.39 is 5.82 Å². The topological polar surface area (TPSA) is 33.0 Å². The van der Waals surface area contributed by atoms with Crippen LogP contribution in [0.1, 0.15) is 18.1 Å². The van der Waals surface area contributed by atoms with Gasteiger partial charge in [0, 0.05) is 11.1 Å². The molecule has 0 saturated carbocycles. The first-order chi connectivity index (χ1) is 9.04. The van der Waals surface area contributed by atoms with E-state index in [-0.39, 0.29) is 11.1 Å². The van der Waals surface area contributed by atoms with Gasteiger partial charge in [0.15, 0.2) is 0 Å². The van der Waals surface area contributed by atoms with E-state index in [0.717, 1.165) is 6.07 Å². The Morgan fingerprint density at radius 1 is 1.53 bits per heavy atom. The maximum absolute atomic E-state index is 13.9. The van der Waals surface area contributed by atoms with Gasteiger partial charge in [-0.15, -0.1) is 0 Å². The maximum Gasteiger partial charge on any atom is 0.144 e. The molecular formula is C15H13ClFNO. The van der Waals surface area contributed by atoms with E-state index >= 15 is 0 Å². The average Bonchev–Trinajstić information content (AvgIpc) is 2.39. The minimum Gasteiger partial charge on any atom is -0.495 e. The second-order valence-electron chi connectivity index (χ2n) is 3.67. The number of rotatable bonds is 4. The summed E-state index contributed by atoms with van der Waals surface area (Å²) in [7, 11) is 1.44. The number of allylic oxidation sites excluding steroid dienone is 4. The van der Waals surface area contributed by atoms with Crippen LogP contribution in [0.2, 0.25) is 0 Å². The van der Waals surface area contributed by atoms with Gasteiger partial charge in [-0.3, -0.25) is 0 Å². The van der Waals surface area contributed by atoms with Gasteiger partial charge in [0.2, 0.25) is 0 Å². The number of halogens is 2. The minimum absolute atomic E-state index is 0.247. The van der Waals surface area contributed by atoms with Crippen molar-refractivity contribution in [1.29, 1.82) is 5.26 Å². The van der Waals surface area contributed by atoms with Crippen molar-refractivity contribution in [2.45, 2.75) is 6.92 Å². The van der Waals surface area contributed by atoms with Gasteiger partial charge in [-0.25, -0.2) is 4.39 Å². The number of hydrogen-bond acceptors (Lipinski definition) is 2. The lowest BCUT2D eigenvalue weighted by molar-refractivity contribution is 0.310. The number of hydrogen-bond donors (Lipinski definition) is 0. The smallest absolute Gasteiger partial charge is 0.144 e. The van der Waals surface area contributed by atoms with Crippen LogP contribution in [0.25, 0.3) is 5.57 Å². The quantitative estimate of drug-likeness (QED) is 0.604. The van der Waals surface area contributed by atoms with Crippen LogP contribution in [-0.4, -0.2) is 7.11 Å². The molecule has 1 rings (SSSR count). The molecule has 0 radical (unpaired) electrons. The van der Waals surface area contributed by atoms with Crippen LogP contribution in [0.3, 0.4) is 0 Å². The Balaban J connectivity index is 3.27. The van der Waals surface area contributed by atoms with Crippen molar-refractivity contribution in [3.63, 3.8) is 0 Å². The van der Waals surface area contributed by atoms with Gasteiger partial charge < -0.3 is 4.74 Å². The second kappa shape index (κ2) is 6.77. The van der Waals surface area contributed by atoms with E-state index in [2.05, 4.69) is 6.58 Å². The fraction of sp³-hybridized carbons (Fsp3) is 0.133. The summed E-state index contributed by atoms with van der Waals surface area (Å²) in [5.74, 6) is -0.244. The molecule has 0 aliphatic carbocycles. The zero-order chi connectivity index (χ0) is 14.4. The number of nitriles is 1. The van der Waals surface area contributed by atoms with Gasteiger partial charge in [-0.2, -0.15) is 5.26 Å². The Morgan fingerprint density at radius 3 is 2.68 bits per heavy atom. The summed E-state index contributed by atoms with van der Waals surface area (Å²) in [6.07, 6.45) is 3.37. The normalized spacial score (nSPS) is 11.9. The van der Waals surface area contributed by atoms with Crippen LogP contribution >= 0.6 is 11.6 Å². The Hall–Kier alpha value is -2.05. The van der Waals surface area contributed by atoms with Gasteiger partial charge in [-0.1, -0.05) is 30.3 Å². The second-order valence-corrected chi connectivity index (χ2v) is 4.07. The lowest BCUT2D eigenvalue weighted by atomic mass is 10.0. The fourth-order valence-electron chi connectivity index (χ4n) is 1.54. The van der Waals surface area contributed by atoms with E-state index in [1.165, 1.54) is 19.2 Å². The first-order valence-corrected chi connectivity index (χ1v) is 5.88. The van der Waals surface area contributed by atoms with Gasteiger partial charge in [0.05, 0.1) is 23.8 Å². The molecule has 1 aromatic rings. The molecule has 98 valence electrons. The van der Waals surface area contributed by atoms with E-state index in [1.54, 1.807) is 19.1 Å². The summed E-state index contributed by atoms with van der Waals surface area (Å²) >= 11 is 6.03. The molecule has 0 amide bonds. The highest BCUT2D eigenvalue weighted by Crippen LogP contribution is 2.29. The third-order valence-corrected chi connectivity index (χ3v) is 2.73. The van der Waals surface area contributed by atoms with E-state index in [0.29, 0.717) is 16.4 Å². The molecule has 0 heterocycles. The molecule has 2 nitrogen and oxygen atoms in total. The lowest BCUT2D eigenvalue weighted by Crippen LogP contribution is -1.97. The van der Waals surface area contributed by atoms with Gasteiger partial charge >= 0.3 is 0 Å². The highest BCUT2D eigenvalue weighted by molar-refractivity contribution is 6.32. The minimum atomic E-state index is -0.538. The van der Waals surface area contributed by atoms with Gasteiger partial charge in [0.25, 0.3) is 0 Å². The molecule has 0 aliphatic rings. The van der Waals surface area contributed by atoms with Crippen molar-refractivity contribution in [3.8, 4) is 6.07 Å². The van der Waals surface area contributed by atoms with Crippen molar-refractivity contribution in [2.75, 3.05) is 7.11 Å². The third kappa shape index (κ3) is 3.46. The number of benzene rings is 1. The Bertz CT molecular complexity index is 597. The summed E-state index contributed by atoms with van der Waals surface area (Å²) < 4.78 is 19.0. The van der Waals surface area contributed by atoms with Crippen molar-refractivity contribution in [3.05, 3.63) is 64.7 Å². The SMILES string of the molecule is C=C(/C(OC)=C(Cl)\C=C/C)c1ccc(C#N)cc1F. The summed E-state index contributed by atoms with van der Waals surface area (Å²) in [6.45, 7) is 5.60. The lowest BCUT2D eigenvalue weighted by Gasteiger charge is -2.12. The highest BCUT2D eigenvalue weighted by atomic mass is 35.5. The molecule has 4 heteroatoms. The molecule has 0 spiro atoms. The molecular weight excluding hydrogens is 265 g/mol. The van der Waals surface area contributed by atoms with Crippen LogP contribution in [-0.2, 0) is 4.74 Å². The number of methoxy groups -OCH3 is 1. The standard InChI is InChI=1S/C15H13ClFNO/c1-4-5-13(16)15(19-3)10(2)12-7-6-11(9-18)8-14(12)17/h4-8H,2H2,1,3H3/b5-4-,15-13-. The van der Waals surface area contributed by atoms with E-state index in [4.69, 9.17) is 21.6 Å². The first kappa shape index (κ1) is 15.0. The highest BCUT2D eigenvalue weighted by Gasteiger charge is 2.14. The molecule has 0 atom stereocenters. The fourth-order valence-corrected chi connectivity index (χ4v) is 1.86. The van der Waals surface area contributed by atoms with E-state index in [1.807, 2.05) is 6.07 Å². The molecule has 0 fully saturated rings. The van der Waals surface area contributed by atoms with Gasteiger partial charge in [0.1, 0.15) is 11.6 Å². The molecule has 0 aliphatic heterocycles. The van der Waals surface area contributed by atoms with Crippen molar-refractivity contribution in [1.82, 2.24) is 0 Å². The van der Waals surface area contributed by atoms with Crippen molar-refractivity contribution < 1.29 is 9.13 Å². The van der Waals surface area contributed by atoms with Crippen LogP contribution in [0.4, 0.5) is 4.39 Å². The monoisotopic (exact) mass is 277 g/mol. The van der Waals surface area contributed by atoms with Crippen LogP contribution < -0.4 is 0 Å². The predicted octanol–water partition coefficient (Wildman–Crippen LogP) is 4.38. The summed E-state index contributed by atoms with van der Waals surface area (Å²) in [4.78, 5) is 0. The van der Waals surface area contributed by atoms with Crippen molar-refractivity contribution >= 4 is 17.2 Å². The number of nitrogens with zero attached hydrogens (tertiary/aromatic N) is 1. The molecule has 0 unspecified atom stereocenters. The van der Waals surface area contributed by atoms with Gasteiger partial charge in [-0.05, 0) is 25.1 Å². The molecule has 19 heavy (non-hydrogen) atoms. The third-order valence-electron chi connectivity index (χ3n) is 2.43. The summed E-state index contributed by atoms with van der Waals surface area (Å²) in [6, 6.07) is 6.02. The summed E-state index contributed by atoms with van der Waals surface area (Å²) in [5.41, 5.74) is 0.822. The maximum atomic E-state index is 13.9. The summed E-state index contributed by atoms with van der Waals surface area (Å²) in [5, 5.41) is 9.03. The molecule has 0 aromatic heterocycles. The molecule has 0 bridgehead atoms. The zero-order valence-electron chi connectivity index (χ0n) is 10.7. The Morgan fingerprint density at radius 2 is 2.21 bits per heavy atom. The van der Waals surface area contributed by atoms with Crippen LogP contribution in [0.5, 0.6) is 0 Å². The number of ether oxygens (including phenoxy) is 1.